The van der Waals surface area contributed by atoms with Crippen LogP contribution in [0.2, 0.25) is 0 Å². The molecular formula is C18H14N2O5. The molecular weight excluding hydrogens is 324 g/mol. The van der Waals surface area contributed by atoms with E-state index < -0.39 is 0 Å². The summed E-state index contributed by atoms with van der Waals surface area (Å²) in [5, 5.41) is 0.374. The number of ketones is 1. The van der Waals surface area contributed by atoms with Crippen LogP contribution in [0.25, 0.3) is 16.6 Å². The molecule has 25 heavy (non-hydrogen) atoms. The second-order valence-electron chi connectivity index (χ2n) is 5.49. The summed E-state index contributed by atoms with van der Waals surface area (Å²) in [6.07, 6.45) is 0. The minimum Gasteiger partial charge on any atom is -0.494 e. The van der Waals surface area contributed by atoms with E-state index in [2.05, 4.69) is 4.98 Å². The summed E-state index contributed by atoms with van der Waals surface area (Å²) in [5.74, 6) is 0.988. The highest BCUT2D eigenvalue weighted by Crippen LogP contribution is 2.37. The van der Waals surface area contributed by atoms with Gasteiger partial charge in [-0.25, -0.2) is 4.98 Å². The Labute approximate surface area is 142 Å². The van der Waals surface area contributed by atoms with Crippen molar-refractivity contribution in [3.63, 3.8) is 0 Å². The molecule has 0 saturated carbocycles. The molecule has 3 aromatic rings. The predicted molar refractivity (Wildman–Crippen MR) is 90.4 cm³/mol. The minimum atomic E-state index is -0.346. The topological polar surface area (TPSA) is 79.7 Å². The Hall–Kier alpha value is -3.35. The van der Waals surface area contributed by atoms with E-state index in [1.165, 1.54) is 25.9 Å². The first-order valence-electron chi connectivity index (χ1n) is 7.51. The molecule has 1 aliphatic rings. The van der Waals surface area contributed by atoms with Crippen molar-refractivity contribution in [3.05, 3.63) is 52.1 Å². The number of hydrogen-bond donors (Lipinski definition) is 0. The van der Waals surface area contributed by atoms with Crippen molar-refractivity contribution in [1.29, 1.82) is 0 Å². The Morgan fingerprint density at radius 3 is 2.28 bits per heavy atom. The van der Waals surface area contributed by atoms with Gasteiger partial charge in [0.1, 0.15) is 11.3 Å². The minimum absolute atomic E-state index is 0.0484. The molecule has 0 saturated heterocycles. The van der Waals surface area contributed by atoms with E-state index in [1.54, 1.807) is 30.3 Å². The van der Waals surface area contributed by atoms with Crippen molar-refractivity contribution in [2.24, 2.45) is 0 Å². The molecule has 0 bridgehead atoms. The third-order valence-electron chi connectivity index (χ3n) is 4.27. The smallest absolute Gasteiger partial charge is 0.266 e. The molecule has 0 amide bonds. The number of carbonyl (C=O) groups is 1. The maximum atomic E-state index is 13.0. The van der Waals surface area contributed by atoms with E-state index >= 15 is 0 Å². The molecule has 4 rings (SSSR count). The van der Waals surface area contributed by atoms with Gasteiger partial charge in [0, 0.05) is 6.07 Å². The zero-order valence-electron chi connectivity index (χ0n) is 13.8. The van der Waals surface area contributed by atoms with E-state index in [9.17, 15) is 9.59 Å². The summed E-state index contributed by atoms with van der Waals surface area (Å²) >= 11 is 0. The van der Waals surface area contributed by atoms with Crippen LogP contribution in [0.3, 0.4) is 0 Å². The van der Waals surface area contributed by atoms with Crippen LogP contribution in [0, 0.1) is 0 Å². The number of carbonyl (C=O) groups excluding carboxylic acids is 1. The lowest BCUT2D eigenvalue weighted by molar-refractivity contribution is 0.103. The first kappa shape index (κ1) is 15.2. The van der Waals surface area contributed by atoms with Crippen molar-refractivity contribution in [1.82, 2.24) is 9.55 Å². The van der Waals surface area contributed by atoms with Crippen molar-refractivity contribution < 1.29 is 19.0 Å². The summed E-state index contributed by atoms with van der Waals surface area (Å²) in [7, 11) is 4.47. The van der Waals surface area contributed by atoms with E-state index in [0.717, 1.165) is 0 Å². The summed E-state index contributed by atoms with van der Waals surface area (Å²) < 4.78 is 17.1. The van der Waals surface area contributed by atoms with Gasteiger partial charge in [-0.1, -0.05) is 6.07 Å². The van der Waals surface area contributed by atoms with Gasteiger partial charge >= 0.3 is 0 Å². The van der Waals surface area contributed by atoms with Gasteiger partial charge in [-0.2, -0.15) is 0 Å². The molecule has 0 radical (unpaired) electrons. The largest absolute Gasteiger partial charge is 0.494 e. The highest BCUT2D eigenvalue weighted by molar-refractivity contribution is 6.14. The predicted octanol–water partition coefficient (Wildman–Crippen LogP) is 1.96. The number of methoxy groups -OCH3 is 3. The van der Waals surface area contributed by atoms with E-state index in [-0.39, 0.29) is 17.2 Å². The fourth-order valence-corrected chi connectivity index (χ4v) is 3.08. The van der Waals surface area contributed by atoms with Crippen LogP contribution >= 0.6 is 0 Å². The number of fused-ring (bicyclic) bond motifs is 4. The van der Waals surface area contributed by atoms with Crippen molar-refractivity contribution >= 4 is 16.7 Å². The Balaban J connectivity index is 2.11. The van der Waals surface area contributed by atoms with E-state index in [4.69, 9.17) is 14.2 Å². The zero-order chi connectivity index (χ0) is 17.7. The van der Waals surface area contributed by atoms with Gasteiger partial charge in [-0.05, 0) is 18.2 Å². The van der Waals surface area contributed by atoms with Gasteiger partial charge in [0.2, 0.25) is 5.78 Å². The monoisotopic (exact) mass is 338 g/mol. The van der Waals surface area contributed by atoms with Gasteiger partial charge < -0.3 is 14.2 Å². The molecule has 0 atom stereocenters. The van der Waals surface area contributed by atoms with Crippen LogP contribution in [0.5, 0.6) is 17.2 Å². The first-order chi connectivity index (χ1) is 12.1. The van der Waals surface area contributed by atoms with Crippen LogP contribution in [-0.4, -0.2) is 36.7 Å². The molecule has 0 fully saturated rings. The van der Waals surface area contributed by atoms with Gasteiger partial charge in [0.15, 0.2) is 17.3 Å². The summed E-state index contributed by atoms with van der Waals surface area (Å²) in [5.41, 5.74) is 0.802. The third kappa shape index (κ3) is 1.95. The molecule has 7 heteroatoms. The van der Waals surface area contributed by atoms with Crippen LogP contribution in [0.1, 0.15) is 16.2 Å². The van der Waals surface area contributed by atoms with E-state index in [1.807, 2.05) is 0 Å². The molecule has 0 N–H and O–H groups in total. The van der Waals surface area contributed by atoms with Crippen molar-refractivity contribution in [3.8, 4) is 22.9 Å². The number of ether oxygens (including phenoxy) is 3. The van der Waals surface area contributed by atoms with Crippen LogP contribution in [0.15, 0.2) is 35.1 Å². The molecule has 7 nitrogen and oxygen atoms in total. The van der Waals surface area contributed by atoms with Gasteiger partial charge in [-0.15, -0.1) is 0 Å². The normalized spacial score (nSPS) is 12.0. The van der Waals surface area contributed by atoms with Crippen molar-refractivity contribution in [2.75, 3.05) is 21.3 Å². The molecule has 0 spiro atoms. The van der Waals surface area contributed by atoms with Crippen LogP contribution < -0.4 is 19.8 Å². The molecule has 2 aromatic carbocycles. The quantitative estimate of drug-likeness (QED) is 0.568. The van der Waals surface area contributed by atoms with Crippen LogP contribution in [0.4, 0.5) is 0 Å². The Kier molecular flexibility index (Phi) is 3.24. The molecule has 0 unspecified atom stereocenters. The average Bonchev–Trinajstić information content (AvgIpc) is 2.92. The second kappa shape index (κ2) is 5.34. The second-order valence-corrected chi connectivity index (χ2v) is 5.49. The summed E-state index contributed by atoms with van der Waals surface area (Å²) in [4.78, 5) is 30.2. The third-order valence-corrected chi connectivity index (χ3v) is 4.27. The standard InChI is InChI=1S/C18H14N2O5/c1-23-12-6-4-5-9-15(12)19-17-16(21)10-7-13(24-2)14(25-3)8-11(10)20(17)18(9)22/h4-8H,1-3H3. The van der Waals surface area contributed by atoms with Gasteiger partial charge in [-0.3, -0.25) is 14.2 Å². The number of para-hydroxylation sites is 1. The lowest BCUT2D eigenvalue weighted by Crippen LogP contribution is -2.21. The Bertz CT molecular complexity index is 1100. The number of aromatic nitrogens is 2. The number of benzene rings is 2. The molecule has 2 heterocycles. The molecule has 0 aliphatic carbocycles. The average molecular weight is 338 g/mol. The molecule has 1 aliphatic heterocycles. The fraction of sp³-hybridized carbons (Fsp3) is 0.167. The highest BCUT2D eigenvalue weighted by atomic mass is 16.5. The molecule has 1 aromatic heterocycles. The lowest BCUT2D eigenvalue weighted by atomic mass is 10.1. The van der Waals surface area contributed by atoms with Crippen molar-refractivity contribution in [2.45, 2.75) is 0 Å². The van der Waals surface area contributed by atoms with E-state index in [0.29, 0.717) is 39.4 Å². The number of hydrogen-bond acceptors (Lipinski definition) is 6. The SMILES string of the molecule is COc1cc2c(cc1OC)-n1c(nc3c(OC)cccc3c1=O)C2=O. The number of nitrogens with zero attached hydrogens (tertiary/aromatic N) is 2. The van der Waals surface area contributed by atoms with Gasteiger partial charge in [0.25, 0.3) is 5.56 Å². The fourth-order valence-electron chi connectivity index (χ4n) is 3.08. The highest BCUT2D eigenvalue weighted by Gasteiger charge is 2.32. The first-order valence-corrected chi connectivity index (χ1v) is 7.51. The maximum absolute atomic E-state index is 13.0. The summed E-state index contributed by atoms with van der Waals surface area (Å²) in [6.45, 7) is 0. The Morgan fingerprint density at radius 1 is 0.920 bits per heavy atom. The van der Waals surface area contributed by atoms with Gasteiger partial charge in [0.05, 0.1) is 38.0 Å². The zero-order valence-corrected chi connectivity index (χ0v) is 13.8. The lowest BCUT2D eigenvalue weighted by Gasteiger charge is -2.11. The maximum Gasteiger partial charge on any atom is 0.266 e. The Morgan fingerprint density at radius 2 is 1.60 bits per heavy atom. The van der Waals surface area contributed by atoms with Crippen LogP contribution in [-0.2, 0) is 0 Å². The molecule has 126 valence electrons. The summed E-state index contributed by atoms with van der Waals surface area (Å²) in [6, 6.07) is 8.24. The number of rotatable bonds is 3.